The molecule has 2 rings (SSSR count). The largest absolute Gasteiger partial charge is 0.468 e. The fraction of sp³-hybridized carbons (Fsp3) is 0.500. The van der Waals surface area contributed by atoms with Crippen LogP contribution < -0.4 is 15.6 Å². The molecule has 0 radical (unpaired) electrons. The van der Waals surface area contributed by atoms with E-state index in [4.69, 9.17) is 9.47 Å². The molecular weight excluding hydrogens is 226 g/mol. The van der Waals surface area contributed by atoms with E-state index >= 15 is 0 Å². The summed E-state index contributed by atoms with van der Waals surface area (Å²) < 4.78 is 11.3. The number of rotatable bonds is 3. The minimum atomic E-state index is -0.470. The van der Waals surface area contributed by atoms with Gasteiger partial charge in [0.25, 0.3) is 11.6 Å². The number of aryl methyl sites for hydroxylation is 1. The molecule has 7 heteroatoms. The second-order valence-corrected chi connectivity index (χ2v) is 3.74. The highest BCUT2D eigenvalue weighted by atomic mass is 16.6. The van der Waals surface area contributed by atoms with Crippen molar-refractivity contribution in [3.8, 4) is 6.01 Å². The predicted octanol–water partition coefficient (Wildman–Crippen LogP) is -0.331. The summed E-state index contributed by atoms with van der Waals surface area (Å²) in [5.74, 6) is 0. The Kier molecular flexibility index (Phi) is 2.99. The van der Waals surface area contributed by atoms with Crippen LogP contribution in [0.4, 0.5) is 4.79 Å². The quantitative estimate of drug-likeness (QED) is 0.780. The normalized spacial score (nSPS) is 18.7. The van der Waals surface area contributed by atoms with Crippen molar-refractivity contribution in [3.63, 3.8) is 0 Å². The van der Waals surface area contributed by atoms with Crippen LogP contribution in [0.2, 0.25) is 0 Å². The fourth-order valence-corrected chi connectivity index (χ4v) is 1.66. The molecule has 0 bridgehead atoms. The van der Waals surface area contributed by atoms with Crippen LogP contribution in [0.15, 0.2) is 10.9 Å². The average molecular weight is 239 g/mol. The maximum absolute atomic E-state index is 11.8. The Bertz CT molecular complexity index is 497. The van der Waals surface area contributed by atoms with Crippen LogP contribution in [-0.2, 0) is 11.3 Å². The lowest BCUT2D eigenvalue weighted by Gasteiger charge is -2.13. The number of carbonyl (C=O) groups excluding carboxylic acids is 1. The molecule has 1 aromatic heterocycles. The molecule has 7 nitrogen and oxygen atoms in total. The Morgan fingerprint density at radius 3 is 3.00 bits per heavy atom. The molecular formula is C10H13N3O4. The molecule has 1 aliphatic rings. The Morgan fingerprint density at radius 2 is 2.41 bits per heavy atom. The number of hydrogen-bond donors (Lipinski definition) is 1. The first-order valence-electron chi connectivity index (χ1n) is 5.17. The third-order valence-corrected chi connectivity index (χ3v) is 2.42. The van der Waals surface area contributed by atoms with E-state index in [2.05, 4.69) is 10.3 Å². The van der Waals surface area contributed by atoms with E-state index in [0.29, 0.717) is 12.2 Å². The molecule has 1 unspecified atom stereocenters. The number of carbonyl (C=O) groups is 1. The molecule has 92 valence electrons. The summed E-state index contributed by atoms with van der Waals surface area (Å²) in [6, 6.07) is 1.63. The summed E-state index contributed by atoms with van der Waals surface area (Å²) in [4.78, 5) is 26.7. The molecule has 1 fully saturated rings. The van der Waals surface area contributed by atoms with Crippen LogP contribution in [0.5, 0.6) is 6.01 Å². The summed E-state index contributed by atoms with van der Waals surface area (Å²) >= 11 is 0. The first-order valence-corrected chi connectivity index (χ1v) is 5.17. The molecule has 1 aliphatic heterocycles. The molecule has 1 N–H and O–H groups in total. The molecule has 1 amide bonds. The standard InChI is InChI=1S/C10H13N3O4/c1-6-3-8(14)13(9(12-6)16-2)5-7-4-11-10(15)17-7/h3,7H,4-5H2,1-2H3,(H,11,15). The van der Waals surface area contributed by atoms with Gasteiger partial charge in [-0.3, -0.25) is 9.36 Å². The second-order valence-electron chi connectivity index (χ2n) is 3.74. The highest BCUT2D eigenvalue weighted by molar-refractivity contribution is 5.69. The molecule has 2 heterocycles. The Balaban J connectivity index is 2.25. The van der Waals surface area contributed by atoms with Crippen molar-refractivity contribution < 1.29 is 14.3 Å². The molecule has 0 saturated carbocycles. The van der Waals surface area contributed by atoms with Crippen LogP contribution >= 0.6 is 0 Å². The van der Waals surface area contributed by atoms with E-state index < -0.39 is 6.09 Å². The number of aromatic nitrogens is 2. The minimum Gasteiger partial charge on any atom is -0.468 e. The zero-order chi connectivity index (χ0) is 12.4. The summed E-state index contributed by atoms with van der Waals surface area (Å²) in [7, 11) is 1.44. The highest BCUT2D eigenvalue weighted by Gasteiger charge is 2.24. The second kappa shape index (κ2) is 4.44. The lowest BCUT2D eigenvalue weighted by atomic mass is 10.3. The van der Waals surface area contributed by atoms with E-state index in [0.717, 1.165) is 0 Å². The zero-order valence-electron chi connectivity index (χ0n) is 9.60. The summed E-state index contributed by atoms with van der Waals surface area (Å²) in [5.41, 5.74) is 0.363. The summed E-state index contributed by atoms with van der Waals surface area (Å²) in [5, 5.41) is 2.52. The van der Waals surface area contributed by atoms with E-state index in [1.165, 1.54) is 17.7 Å². The van der Waals surface area contributed by atoms with Gasteiger partial charge in [0.2, 0.25) is 0 Å². The number of ether oxygens (including phenoxy) is 2. The maximum atomic E-state index is 11.8. The molecule has 0 spiro atoms. The minimum absolute atomic E-state index is 0.220. The number of nitrogens with zero attached hydrogens (tertiary/aromatic N) is 2. The molecule has 0 aliphatic carbocycles. The van der Waals surface area contributed by atoms with Gasteiger partial charge >= 0.3 is 6.09 Å². The highest BCUT2D eigenvalue weighted by Crippen LogP contribution is 2.08. The van der Waals surface area contributed by atoms with Crippen LogP contribution in [0.3, 0.4) is 0 Å². The van der Waals surface area contributed by atoms with Crippen LogP contribution in [0.1, 0.15) is 5.69 Å². The third-order valence-electron chi connectivity index (χ3n) is 2.42. The van der Waals surface area contributed by atoms with Crippen LogP contribution in [0, 0.1) is 6.92 Å². The molecule has 17 heavy (non-hydrogen) atoms. The first-order chi connectivity index (χ1) is 8.10. The predicted molar refractivity (Wildman–Crippen MR) is 58.1 cm³/mol. The van der Waals surface area contributed by atoms with Gasteiger partial charge in [-0.05, 0) is 6.92 Å². The number of hydrogen-bond acceptors (Lipinski definition) is 5. The zero-order valence-corrected chi connectivity index (χ0v) is 9.60. The third kappa shape index (κ3) is 2.38. The number of amides is 1. The number of nitrogens with one attached hydrogen (secondary N) is 1. The smallest absolute Gasteiger partial charge is 0.407 e. The van der Waals surface area contributed by atoms with Crippen LogP contribution in [-0.4, -0.2) is 35.4 Å². The van der Waals surface area contributed by atoms with Crippen molar-refractivity contribution in [2.75, 3.05) is 13.7 Å². The Hall–Kier alpha value is -2.05. The van der Waals surface area contributed by atoms with Gasteiger partial charge in [0.05, 0.1) is 20.2 Å². The van der Waals surface area contributed by atoms with Crippen molar-refractivity contribution in [2.24, 2.45) is 0 Å². The van der Waals surface area contributed by atoms with E-state index in [-0.39, 0.29) is 24.2 Å². The summed E-state index contributed by atoms with van der Waals surface area (Å²) in [6.07, 6.45) is -0.847. The van der Waals surface area contributed by atoms with Crippen LogP contribution in [0.25, 0.3) is 0 Å². The Morgan fingerprint density at radius 1 is 1.65 bits per heavy atom. The van der Waals surface area contributed by atoms with E-state index in [1.54, 1.807) is 6.92 Å². The summed E-state index contributed by atoms with van der Waals surface area (Å²) in [6.45, 7) is 2.32. The number of alkyl carbamates (subject to hydrolysis) is 1. The van der Waals surface area contributed by atoms with Gasteiger partial charge in [0.1, 0.15) is 6.10 Å². The van der Waals surface area contributed by atoms with Crippen molar-refractivity contribution in [1.82, 2.24) is 14.9 Å². The van der Waals surface area contributed by atoms with Gasteiger partial charge in [-0.2, -0.15) is 0 Å². The Labute approximate surface area is 97.4 Å². The lowest BCUT2D eigenvalue weighted by Crippen LogP contribution is -2.30. The van der Waals surface area contributed by atoms with Crippen molar-refractivity contribution >= 4 is 6.09 Å². The average Bonchev–Trinajstić information content (AvgIpc) is 2.67. The SMILES string of the molecule is COc1nc(C)cc(=O)n1CC1CNC(=O)O1. The fourth-order valence-electron chi connectivity index (χ4n) is 1.66. The van der Waals surface area contributed by atoms with Gasteiger partial charge in [-0.15, -0.1) is 0 Å². The van der Waals surface area contributed by atoms with E-state index in [1.807, 2.05) is 0 Å². The van der Waals surface area contributed by atoms with Gasteiger partial charge in [0, 0.05) is 11.8 Å². The van der Waals surface area contributed by atoms with Gasteiger partial charge in [-0.25, -0.2) is 9.78 Å². The molecule has 0 aromatic carbocycles. The molecule has 1 aromatic rings. The van der Waals surface area contributed by atoms with Gasteiger partial charge in [0.15, 0.2) is 0 Å². The van der Waals surface area contributed by atoms with Crippen molar-refractivity contribution in [3.05, 3.63) is 22.1 Å². The number of methoxy groups -OCH3 is 1. The molecule has 1 saturated heterocycles. The topological polar surface area (TPSA) is 82.5 Å². The van der Waals surface area contributed by atoms with E-state index in [9.17, 15) is 9.59 Å². The van der Waals surface area contributed by atoms with Gasteiger partial charge in [-0.1, -0.05) is 0 Å². The number of cyclic esters (lactones) is 1. The maximum Gasteiger partial charge on any atom is 0.407 e. The van der Waals surface area contributed by atoms with Crippen molar-refractivity contribution in [1.29, 1.82) is 0 Å². The lowest BCUT2D eigenvalue weighted by molar-refractivity contribution is 0.127. The van der Waals surface area contributed by atoms with Gasteiger partial charge < -0.3 is 14.8 Å². The monoisotopic (exact) mass is 239 g/mol. The van der Waals surface area contributed by atoms with Crippen molar-refractivity contribution in [2.45, 2.75) is 19.6 Å². The molecule has 1 atom stereocenters. The first kappa shape index (κ1) is 11.4.